The average Bonchev–Trinajstić information content (AvgIpc) is 2.46. The number of rotatable bonds is 1. The summed E-state index contributed by atoms with van der Waals surface area (Å²) in [7, 11) is 0. The number of anilines is 1. The normalized spacial score (nSPS) is 16.9. The Hall–Kier alpha value is -3.00. The predicted molar refractivity (Wildman–Crippen MR) is 76.6 cm³/mol. The van der Waals surface area contributed by atoms with Gasteiger partial charge < -0.3 is 16.2 Å². The summed E-state index contributed by atoms with van der Waals surface area (Å²) in [5, 5.41) is 9.36. The lowest BCUT2D eigenvalue weighted by atomic mass is 9.83. The van der Waals surface area contributed by atoms with E-state index in [1.807, 2.05) is 0 Å². The van der Waals surface area contributed by atoms with Gasteiger partial charge in [-0.25, -0.2) is 4.39 Å². The quantitative estimate of drug-likeness (QED) is 0.787. The van der Waals surface area contributed by atoms with Gasteiger partial charge in [0.2, 0.25) is 5.88 Å². The van der Waals surface area contributed by atoms with Crippen molar-refractivity contribution < 1.29 is 9.13 Å². The van der Waals surface area contributed by atoms with Crippen molar-refractivity contribution in [1.82, 2.24) is 0 Å². The van der Waals surface area contributed by atoms with Crippen LogP contribution in [0.5, 0.6) is 5.75 Å². The van der Waals surface area contributed by atoms with Crippen LogP contribution in [0.25, 0.3) is 0 Å². The summed E-state index contributed by atoms with van der Waals surface area (Å²) in [6.45, 7) is 0. The third-order valence-corrected chi connectivity index (χ3v) is 3.45. The molecule has 0 unspecified atom stereocenters. The van der Waals surface area contributed by atoms with E-state index in [0.29, 0.717) is 17.0 Å². The van der Waals surface area contributed by atoms with E-state index >= 15 is 0 Å². The van der Waals surface area contributed by atoms with Gasteiger partial charge in [-0.2, -0.15) is 5.26 Å². The van der Waals surface area contributed by atoms with E-state index in [0.717, 1.165) is 11.1 Å². The molecule has 3 rings (SSSR count). The topological polar surface area (TPSA) is 85.1 Å². The number of fused-ring (bicyclic) bond motifs is 1. The predicted octanol–water partition coefficient (Wildman–Crippen LogP) is 2.63. The molecule has 5 heteroatoms. The van der Waals surface area contributed by atoms with Crippen LogP contribution in [0.4, 0.5) is 10.1 Å². The van der Waals surface area contributed by atoms with Crippen molar-refractivity contribution >= 4 is 5.69 Å². The maximum absolute atomic E-state index is 13.1. The second-order valence-corrected chi connectivity index (χ2v) is 4.77. The molecule has 2 aromatic rings. The van der Waals surface area contributed by atoms with Gasteiger partial charge in [0, 0.05) is 17.3 Å². The summed E-state index contributed by atoms with van der Waals surface area (Å²) < 4.78 is 18.6. The molecule has 0 amide bonds. The molecule has 104 valence electrons. The molecule has 0 radical (unpaired) electrons. The van der Waals surface area contributed by atoms with Gasteiger partial charge in [-0.05, 0) is 23.8 Å². The Bertz CT molecular complexity index is 775. The van der Waals surface area contributed by atoms with Crippen LogP contribution >= 0.6 is 0 Å². The first-order chi connectivity index (χ1) is 10.1. The fraction of sp³-hybridized carbons (Fsp3) is 0.0625. The minimum atomic E-state index is -0.389. The molecule has 1 aliphatic rings. The Kier molecular flexibility index (Phi) is 2.99. The van der Waals surface area contributed by atoms with Crippen LogP contribution in [0.2, 0.25) is 0 Å². The molecule has 0 fully saturated rings. The highest BCUT2D eigenvalue weighted by Gasteiger charge is 2.30. The number of nitrogen functional groups attached to an aromatic ring is 1. The lowest BCUT2D eigenvalue weighted by Crippen LogP contribution is -2.21. The molecular weight excluding hydrogens is 269 g/mol. The second kappa shape index (κ2) is 4.84. The third kappa shape index (κ3) is 2.17. The minimum Gasteiger partial charge on any atom is -0.440 e. The van der Waals surface area contributed by atoms with Crippen molar-refractivity contribution in [3.05, 3.63) is 70.9 Å². The van der Waals surface area contributed by atoms with E-state index in [-0.39, 0.29) is 17.6 Å². The van der Waals surface area contributed by atoms with Gasteiger partial charge in [0.1, 0.15) is 23.2 Å². The zero-order valence-corrected chi connectivity index (χ0v) is 11.0. The Labute approximate surface area is 121 Å². The van der Waals surface area contributed by atoms with Crippen LogP contribution in [0.15, 0.2) is 53.9 Å². The number of nitrogens with zero attached hydrogens (tertiary/aromatic N) is 1. The van der Waals surface area contributed by atoms with E-state index in [9.17, 15) is 9.65 Å². The highest BCUT2D eigenvalue weighted by Crippen LogP contribution is 2.42. The Morgan fingerprint density at radius 3 is 2.48 bits per heavy atom. The Morgan fingerprint density at radius 1 is 1.10 bits per heavy atom. The fourth-order valence-corrected chi connectivity index (χ4v) is 2.47. The van der Waals surface area contributed by atoms with E-state index in [2.05, 4.69) is 6.07 Å². The van der Waals surface area contributed by atoms with Crippen LogP contribution in [-0.2, 0) is 0 Å². The molecule has 2 aromatic carbocycles. The van der Waals surface area contributed by atoms with Gasteiger partial charge in [-0.3, -0.25) is 0 Å². The van der Waals surface area contributed by atoms with E-state index in [4.69, 9.17) is 16.2 Å². The standard InChI is InChI=1S/C16H12FN3O/c17-10-3-1-9(2-4-10)15-12-6-5-11(19)7-14(12)21-16(20)13(15)8-18/h1-7,15H,19-20H2/t15-/m0/s1. The van der Waals surface area contributed by atoms with E-state index in [1.165, 1.54) is 12.1 Å². The molecule has 0 saturated heterocycles. The molecule has 0 bridgehead atoms. The van der Waals surface area contributed by atoms with E-state index in [1.54, 1.807) is 30.3 Å². The minimum absolute atomic E-state index is 0.0462. The third-order valence-electron chi connectivity index (χ3n) is 3.45. The number of hydrogen-bond acceptors (Lipinski definition) is 4. The van der Waals surface area contributed by atoms with Crippen molar-refractivity contribution in [2.24, 2.45) is 5.73 Å². The summed E-state index contributed by atoms with van der Waals surface area (Å²) in [6, 6.07) is 13.2. The average molecular weight is 281 g/mol. The van der Waals surface area contributed by atoms with Crippen LogP contribution in [-0.4, -0.2) is 0 Å². The van der Waals surface area contributed by atoms with Crippen molar-refractivity contribution in [2.75, 3.05) is 5.73 Å². The second-order valence-electron chi connectivity index (χ2n) is 4.77. The van der Waals surface area contributed by atoms with Gasteiger partial charge in [0.25, 0.3) is 0 Å². The summed E-state index contributed by atoms with van der Waals surface area (Å²) >= 11 is 0. The molecule has 0 aromatic heterocycles. The first kappa shape index (κ1) is 13.0. The number of ether oxygens (including phenoxy) is 1. The van der Waals surface area contributed by atoms with Crippen LogP contribution in [0, 0.1) is 17.1 Å². The van der Waals surface area contributed by atoms with Crippen LogP contribution < -0.4 is 16.2 Å². The van der Waals surface area contributed by atoms with Gasteiger partial charge in [-0.15, -0.1) is 0 Å². The highest BCUT2D eigenvalue weighted by atomic mass is 19.1. The highest BCUT2D eigenvalue weighted by molar-refractivity contribution is 5.59. The SMILES string of the molecule is N#CC1=C(N)Oc2cc(N)ccc2[C@@H]1c1ccc(F)cc1. The molecule has 0 aliphatic carbocycles. The lowest BCUT2D eigenvalue weighted by Gasteiger charge is -2.26. The maximum Gasteiger partial charge on any atom is 0.205 e. The Balaban J connectivity index is 2.21. The molecule has 1 aliphatic heterocycles. The van der Waals surface area contributed by atoms with Crippen molar-refractivity contribution in [3.63, 3.8) is 0 Å². The molecule has 21 heavy (non-hydrogen) atoms. The Morgan fingerprint density at radius 2 is 1.81 bits per heavy atom. The molecule has 4 nitrogen and oxygen atoms in total. The van der Waals surface area contributed by atoms with Crippen molar-refractivity contribution in [1.29, 1.82) is 5.26 Å². The summed E-state index contributed by atoms with van der Waals surface area (Å²) in [4.78, 5) is 0. The number of nitrogens with two attached hydrogens (primary N) is 2. The molecule has 1 heterocycles. The summed E-state index contributed by atoms with van der Waals surface area (Å²) in [6.07, 6.45) is 0. The summed E-state index contributed by atoms with van der Waals surface area (Å²) in [5.41, 5.74) is 14.0. The molecule has 4 N–H and O–H groups in total. The van der Waals surface area contributed by atoms with Crippen molar-refractivity contribution in [3.8, 4) is 11.8 Å². The molecular formula is C16H12FN3O. The zero-order chi connectivity index (χ0) is 15.0. The number of allylic oxidation sites excluding steroid dienone is 1. The van der Waals surface area contributed by atoms with Crippen LogP contribution in [0.3, 0.4) is 0 Å². The summed E-state index contributed by atoms with van der Waals surface area (Å²) in [5.74, 6) is -0.163. The smallest absolute Gasteiger partial charge is 0.205 e. The van der Waals surface area contributed by atoms with Crippen LogP contribution in [0.1, 0.15) is 17.0 Å². The van der Waals surface area contributed by atoms with Gasteiger partial charge >= 0.3 is 0 Å². The van der Waals surface area contributed by atoms with Gasteiger partial charge in [-0.1, -0.05) is 18.2 Å². The molecule has 0 spiro atoms. The fourth-order valence-electron chi connectivity index (χ4n) is 2.47. The molecule has 0 saturated carbocycles. The maximum atomic E-state index is 13.1. The van der Waals surface area contributed by atoms with Crippen molar-refractivity contribution in [2.45, 2.75) is 5.92 Å². The first-order valence-electron chi connectivity index (χ1n) is 6.32. The first-order valence-corrected chi connectivity index (χ1v) is 6.32. The number of hydrogen-bond donors (Lipinski definition) is 2. The molecule has 1 atom stereocenters. The van der Waals surface area contributed by atoms with E-state index < -0.39 is 0 Å². The number of benzene rings is 2. The zero-order valence-electron chi connectivity index (χ0n) is 11.0. The van der Waals surface area contributed by atoms with Gasteiger partial charge in [0.05, 0.1) is 5.92 Å². The number of halogens is 1. The largest absolute Gasteiger partial charge is 0.440 e. The lowest BCUT2D eigenvalue weighted by molar-refractivity contribution is 0.394. The number of nitriles is 1. The van der Waals surface area contributed by atoms with Gasteiger partial charge in [0.15, 0.2) is 0 Å². The monoisotopic (exact) mass is 281 g/mol.